The van der Waals surface area contributed by atoms with E-state index in [1.54, 1.807) is 12.1 Å². The topological polar surface area (TPSA) is 70.9 Å². The molecule has 2 rings (SSSR count). The Kier molecular flexibility index (Phi) is 4.36. The third-order valence-corrected chi connectivity index (χ3v) is 3.92. The van der Waals surface area contributed by atoms with E-state index in [0.717, 1.165) is 5.69 Å². The van der Waals surface area contributed by atoms with Crippen molar-refractivity contribution >= 4 is 36.8 Å². The smallest absolute Gasteiger partial charge is 0.261 e. The van der Waals surface area contributed by atoms with Gasteiger partial charge in [-0.2, -0.15) is 10.2 Å². The molecule has 20 heavy (non-hydrogen) atoms. The van der Waals surface area contributed by atoms with Crippen LogP contribution in [0.5, 0.6) is 0 Å². The molecule has 0 unspecified atom stereocenters. The first-order valence-electron chi connectivity index (χ1n) is 5.73. The van der Waals surface area contributed by atoms with E-state index in [0.29, 0.717) is 11.4 Å². The molecule has 0 atom stereocenters. The Morgan fingerprint density at radius 2 is 1.35 bits per heavy atom. The monoisotopic (exact) mass is 309 g/mol. The summed E-state index contributed by atoms with van der Waals surface area (Å²) in [6.45, 7) is 0. The SMILES string of the molecule is CNc1ccc(/N=N/c2ccc(S(=O)(=O)Cl)cc2)cc1. The van der Waals surface area contributed by atoms with Gasteiger partial charge in [0.1, 0.15) is 0 Å². The van der Waals surface area contributed by atoms with Crippen molar-refractivity contribution in [3.8, 4) is 0 Å². The fraction of sp³-hybridized carbons (Fsp3) is 0.0769. The number of benzene rings is 2. The fourth-order valence-electron chi connectivity index (χ4n) is 1.49. The predicted octanol–water partition coefficient (Wildman–Crippen LogP) is 4.07. The van der Waals surface area contributed by atoms with Crippen LogP contribution in [0.3, 0.4) is 0 Å². The van der Waals surface area contributed by atoms with Gasteiger partial charge in [0.25, 0.3) is 9.05 Å². The summed E-state index contributed by atoms with van der Waals surface area (Å²) in [5.74, 6) is 0. The zero-order valence-electron chi connectivity index (χ0n) is 10.6. The van der Waals surface area contributed by atoms with E-state index >= 15 is 0 Å². The lowest BCUT2D eigenvalue weighted by Crippen LogP contribution is -1.88. The highest BCUT2D eigenvalue weighted by molar-refractivity contribution is 8.13. The summed E-state index contributed by atoms with van der Waals surface area (Å²) in [4.78, 5) is 0.0384. The van der Waals surface area contributed by atoms with Crippen molar-refractivity contribution in [3.63, 3.8) is 0 Å². The lowest BCUT2D eigenvalue weighted by molar-refractivity contribution is 0.609. The molecule has 7 heteroatoms. The Morgan fingerprint density at radius 3 is 1.75 bits per heavy atom. The standard InChI is InChI=1S/C13H12ClN3O2S/c1-15-10-2-4-11(5-3-10)16-17-12-6-8-13(9-7-12)20(14,18)19/h2-9,15H,1H3/b17-16+. The molecule has 0 aliphatic heterocycles. The zero-order chi connectivity index (χ0) is 14.6. The Bertz CT molecular complexity index is 710. The van der Waals surface area contributed by atoms with Crippen molar-refractivity contribution in [1.82, 2.24) is 0 Å². The summed E-state index contributed by atoms with van der Waals surface area (Å²) in [6, 6.07) is 13.3. The van der Waals surface area contributed by atoms with Gasteiger partial charge < -0.3 is 5.32 Å². The molecule has 0 saturated heterocycles. The van der Waals surface area contributed by atoms with Crippen molar-refractivity contribution in [3.05, 3.63) is 48.5 Å². The fourth-order valence-corrected chi connectivity index (χ4v) is 2.26. The molecule has 0 bridgehead atoms. The van der Waals surface area contributed by atoms with Crippen LogP contribution in [0.4, 0.5) is 17.1 Å². The lowest BCUT2D eigenvalue weighted by atomic mass is 10.3. The van der Waals surface area contributed by atoms with Crippen LogP contribution in [-0.4, -0.2) is 15.5 Å². The molecular formula is C13H12ClN3O2S. The minimum absolute atomic E-state index is 0.0384. The highest BCUT2D eigenvalue weighted by atomic mass is 35.7. The second-order valence-electron chi connectivity index (χ2n) is 3.93. The first-order valence-corrected chi connectivity index (χ1v) is 8.04. The van der Waals surface area contributed by atoms with Crippen LogP contribution < -0.4 is 5.32 Å². The summed E-state index contributed by atoms with van der Waals surface area (Å²) >= 11 is 0. The van der Waals surface area contributed by atoms with E-state index in [1.807, 2.05) is 31.3 Å². The highest BCUT2D eigenvalue weighted by Crippen LogP contribution is 2.22. The molecule has 0 aromatic heterocycles. The molecule has 0 spiro atoms. The summed E-state index contributed by atoms with van der Waals surface area (Å²) in [5, 5.41) is 11.1. The molecule has 104 valence electrons. The van der Waals surface area contributed by atoms with Gasteiger partial charge >= 0.3 is 0 Å². The maximum atomic E-state index is 11.1. The number of nitrogens with one attached hydrogen (secondary N) is 1. The molecule has 2 aromatic rings. The van der Waals surface area contributed by atoms with Gasteiger partial charge in [-0.15, -0.1) is 0 Å². The van der Waals surface area contributed by atoms with Crippen LogP contribution in [0.15, 0.2) is 63.7 Å². The van der Waals surface area contributed by atoms with Crippen LogP contribution in [-0.2, 0) is 9.05 Å². The van der Waals surface area contributed by atoms with E-state index in [-0.39, 0.29) is 4.90 Å². The number of hydrogen-bond acceptors (Lipinski definition) is 5. The Hall–Kier alpha value is -1.92. The van der Waals surface area contributed by atoms with E-state index in [4.69, 9.17) is 10.7 Å². The first-order chi connectivity index (χ1) is 9.49. The van der Waals surface area contributed by atoms with Gasteiger partial charge in [-0.3, -0.25) is 0 Å². The number of azo groups is 1. The normalized spacial score (nSPS) is 11.7. The van der Waals surface area contributed by atoms with Gasteiger partial charge in [-0.25, -0.2) is 8.42 Å². The minimum Gasteiger partial charge on any atom is -0.388 e. The maximum Gasteiger partial charge on any atom is 0.261 e. The molecular weight excluding hydrogens is 298 g/mol. The lowest BCUT2D eigenvalue weighted by Gasteiger charge is -1.99. The molecule has 0 amide bonds. The quantitative estimate of drug-likeness (QED) is 0.683. The number of anilines is 1. The third kappa shape index (κ3) is 3.79. The summed E-state index contributed by atoms with van der Waals surface area (Å²) in [5.41, 5.74) is 2.24. The average Bonchev–Trinajstić information content (AvgIpc) is 2.45. The summed E-state index contributed by atoms with van der Waals surface area (Å²) < 4.78 is 22.2. The molecule has 0 heterocycles. The van der Waals surface area contributed by atoms with Gasteiger partial charge in [-0.1, -0.05) is 0 Å². The number of halogens is 1. The highest BCUT2D eigenvalue weighted by Gasteiger charge is 2.08. The maximum absolute atomic E-state index is 11.1. The van der Waals surface area contributed by atoms with Crippen molar-refractivity contribution in [2.75, 3.05) is 12.4 Å². The zero-order valence-corrected chi connectivity index (χ0v) is 12.2. The molecule has 0 radical (unpaired) electrons. The average molecular weight is 310 g/mol. The largest absolute Gasteiger partial charge is 0.388 e. The van der Waals surface area contributed by atoms with E-state index < -0.39 is 9.05 Å². The second kappa shape index (κ2) is 6.02. The molecule has 5 nitrogen and oxygen atoms in total. The summed E-state index contributed by atoms with van der Waals surface area (Å²) in [7, 11) is 3.36. The minimum atomic E-state index is -3.70. The van der Waals surface area contributed by atoms with E-state index in [9.17, 15) is 8.42 Å². The Balaban J connectivity index is 2.14. The molecule has 0 saturated carbocycles. The third-order valence-electron chi connectivity index (χ3n) is 2.56. The van der Waals surface area contributed by atoms with Crippen LogP contribution in [0, 0.1) is 0 Å². The molecule has 0 aliphatic rings. The van der Waals surface area contributed by atoms with Crippen molar-refractivity contribution in [2.24, 2.45) is 10.2 Å². The molecule has 0 fully saturated rings. The van der Waals surface area contributed by atoms with Crippen molar-refractivity contribution in [2.45, 2.75) is 4.90 Å². The first kappa shape index (κ1) is 14.5. The second-order valence-corrected chi connectivity index (χ2v) is 6.49. The molecule has 1 N–H and O–H groups in total. The molecule has 0 aliphatic carbocycles. The van der Waals surface area contributed by atoms with Crippen molar-refractivity contribution < 1.29 is 8.42 Å². The Morgan fingerprint density at radius 1 is 0.900 bits per heavy atom. The van der Waals surface area contributed by atoms with Gasteiger partial charge in [0.15, 0.2) is 0 Å². The van der Waals surface area contributed by atoms with Gasteiger partial charge in [0.05, 0.1) is 16.3 Å². The number of hydrogen-bond donors (Lipinski definition) is 1. The number of nitrogens with zero attached hydrogens (tertiary/aromatic N) is 2. The van der Waals surface area contributed by atoms with Gasteiger partial charge in [-0.05, 0) is 48.5 Å². The van der Waals surface area contributed by atoms with Crippen LogP contribution in [0.1, 0.15) is 0 Å². The van der Waals surface area contributed by atoms with Crippen molar-refractivity contribution in [1.29, 1.82) is 0 Å². The molecule has 2 aromatic carbocycles. The predicted molar refractivity (Wildman–Crippen MR) is 79.6 cm³/mol. The number of rotatable bonds is 4. The van der Waals surface area contributed by atoms with Crippen LogP contribution in [0.2, 0.25) is 0 Å². The Labute approximate surface area is 121 Å². The van der Waals surface area contributed by atoms with E-state index in [1.165, 1.54) is 12.1 Å². The van der Waals surface area contributed by atoms with Crippen LogP contribution >= 0.6 is 10.7 Å². The van der Waals surface area contributed by atoms with Gasteiger partial charge in [0.2, 0.25) is 0 Å². The van der Waals surface area contributed by atoms with Gasteiger partial charge in [0, 0.05) is 23.4 Å². The van der Waals surface area contributed by atoms with E-state index in [2.05, 4.69) is 15.5 Å². The summed E-state index contributed by atoms with van der Waals surface area (Å²) in [6.07, 6.45) is 0. The van der Waals surface area contributed by atoms with Crippen LogP contribution in [0.25, 0.3) is 0 Å².